The lowest BCUT2D eigenvalue weighted by atomic mass is 10.0. The van der Waals surface area contributed by atoms with Gasteiger partial charge in [0, 0.05) is 17.5 Å². The Morgan fingerprint density at radius 2 is 1.68 bits per heavy atom. The van der Waals surface area contributed by atoms with Gasteiger partial charge in [0.05, 0.1) is 32.6 Å². The van der Waals surface area contributed by atoms with Crippen LogP contribution in [-0.2, 0) is 25.4 Å². The van der Waals surface area contributed by atoms with Gasteiger partial charge in [-0.05, 0) is 17.7 Å². The van der Waals surface area contributed by atoms with Crippen molar-refractivity contribution in [3.05, 3.63) is 102 Å². The second-order valence-electron chi connectivity index (χ2n) is 7.98. The average molecular weight is 460 g/mol. The number of carbonyl (C=O) groups is 1. The van der Waals surface area contributed by atoms with E-state index in [1.54, 1.807) is 0 Å². The van der Waals surface area contributed by atoms with E-state index in [1.165, 1.54) is 7.11 Å². The lowest BCUT2D eigenvalue weighted by Gasteiger charge is -2.23. The second-order valence-corrected chi connectivity index (χ2v) is 7.98. The van der Waals surface area contributed by atoms with Crippen molar-refractivity contribution in [1.82, 2.24) is 0 Å². The standard InChI is InChI=1S/C28H29NO5/c1-31-28(30)26(29-27(22-10-4-2-5-11-22)23-12-6-3-7-13-23)18-21-9-8-14-24(17-21)34-20-25-19-32-15-16-33-25/h2-14,17,25-26H,15-16,18-20H2,1H3/t25-,26+/m1/s1. The molecule has 0 spiro atoms. The van der Waals surface area contributed by atoms with Gasteiger partial charge in [-0.3, -0.25) is 4.99 Å². The topological polar surface area (TPSA) is 66.4 Å². The molecule has 3 aromatic rings. The molecule has 6 heteroatoms. The SMILES string of the molecule is COC(=O)[C@H](Cc1cccc(OC[C@H]2COCCO2)c1)N=C(c1ccccc1)c1ccccc1. The van der Waals surface area contributed by atoms with Crippen LogP contribution in [0.15, 0.2) is 89.9 Å². The molecule has 0 bridgehead atoms. The third-order valence-electron chi connectivity index (χ3n) is 5.50. The summed E-state index contributed by atoms with van der Waals surface area (Å²) >= 11 is 0. The second kappa shape index (κ2) is 12.1. The Morgan fingerprint density at radius 3 is 2.29 bits per heavy atom. The number of carbonyl (C=O) groups excluding carboxylic acids is 1. The molecule has 1 heterocycles. The number of aliphatic imine (C=N–C) groups is 1. The van der Waals surface area contributed by atoms with Crippen molar-refractivity contribution < 1.29 is 23.7 Å². The summed E-state index contributed by atoms with van der Waals surface area (Å²) in [6, 6.07) is 26.7. The Labute approximate surface area is 200 Å². The summed E-state index contributed by atoms with van der Waals surface area (Å²) in [6.07, 6.45) is 0.305. The quantitative estimate of drug-likeness (QED) is 0.356. The minimum absolute atomic E-state index is 0.0795. The van der Waals surface area contributed by atoms with E-state index >= 15 is 0 Å². The monoisotopic (exact) mass is 459 g/mol. The van der Waals surface area contributed by atoms with Crippen molar-refractivity contribution in [3.8, 4) is 5.75 Å². The molecule has 2 atom stereocenters. The molecule has 1 fully saturated rings. The van der Waals surface area contributed by atoms with Crippen LogP contribution >= 0.6 is 0 Å². The zero-order valence-electron chi connectivity index (χ0n) is 19.3. The third kappa shape index (κ3) is 6.53. The number of hydrogen-bond donors (Lipinski definition) is 0. The molecule has 3 aromatic carbocycles. The number of methoxy groups -OCH3 is 1. The first-order valence-electron chi connectivity index (χ1n) is 11.4. The molecule has 0 unspecified atom stereocenters. The number of nitrogens with zero attached hydrogens (tertiary/aromatic N) is 1. The van der Waals surface area contributed by atoms with Crippen LogP contribution in [0.4, 0.5) is 0 Å². The third-order valence-corrected chi connectivity index (χ3v) is 5.50. The van der Waals surface area contributed by atoms with Crippen molar-refractivity contribution in [3.63, 3.8) is 0 Å². The Kier molecular flexibility index (Phi) is 8.43. The first-order valence-corrected chi connectivity index (χ1v) is 11.4. The van der Waals surface area contributed by atoms with Crippen molar-refractivity contribution in [2.24, 2.45) is 4.99 Å². The number of esters is 1. The van der Waals surface area contributed by atoms with E-state index < -0.39 is 6.04 Å². The number of rotatable bonds is 9. The van der Waals surface area contributed by atoms with Gasteiger partial charge in [0.25, 0.3) is 0 Å². The molecule has 1 saturated heterocycles. The summed E-state index contributed by atoms with van der Waals surface area (Å²) in [6.45, 7) is 2.14. The summed E-state index contributed by atoms with van der Waals surface area (Å²) in [7, 11) is 1.39. The molecule has 1 aliphatic rings. The van der Waals surface area contributed by atoms with E-state index in [9.17, 15) is 4.79 Å². The lowest BCUT2D eigenvalue weighted by Crippen LogP contribution is -2.33. The fourth-order valence-corrected chi connectivity index (χ4v) is 3.79. The molecule has 176 valence electrons. The van der Waals surface area contributed by atoms with E-state index in [1.807, 2.05) is 84.9 Å². The minimum atomic E-state index is -0.703. The van der Waals surface area contributed by atoms with Crippen LogP contribution in [0.5, 0.6) is 5.75 Å². The van der Waals surface area contributed by atoms with Gasteiger partial charge in [0.2, 0.25) is 0 Å². The molecule has 0 N–H and O–H groups in total. The molecule has 0 aromatic heterocycles. The molecule has 0 saturated carbocycles. The van der Waals surface area contributed by atoms with Crippen molar-refractivity contribution in [2.75, 3.05) is 33.5 Å². The first kappa shape index (κ1) is 23.7. The summed E-state index contributed by atoms with van der Waals surface area (Å²) in [5, 5.41) is 0. The maximum atomic E-state index is 12.7. The van der Waals surface area contributed by atoms with Crippen LogP contribution < -0.4 is 4.74 Å². The zero-order valence-corrected chi connectivity index (χ0v) is 19.3. The predicted molar refractivity (Wildman–Crippen MR) is 131 cm³/mol. The summed E-state index contributed by atoms with van der Waals surface area (Å²) < 4.78 is 22.1. The van der Waals surface area contributed by atoms with Crippen LogP contribution in [0.1, 0.15) is 16.7 Å². The minimum Gasteiger partial charge on any atom is -0.491 e. The van der Waals surface area contributed by atoms with Gasteiger partial charge in [-0.2, -0.15) is 0 Å². The van der Waals surface area contributed by atoms with Gasteiger partial charge in [0.15, 0.2) is 6.04 Å². The smallest absolute Gasteiger partial charge is 0.330 e. The molecule has 1 aliphatic heterocycles. The van der Waals surface area contributed by atoms with E-state index in [2.05, 4.69) is 0 Å². The Morgan fingerprint density at radius 1 is 0.971 bits per heavy atom. The van der Waals surface area contributed by atoms with Crippen LogP contribution in [-0.4, -0.2) is 57.4 Å². The molecule has 4 rings (SSSR count). The number of benzene rings is 3. The largest absolute Gasteiger partial charge is 0.491 e. The maximum absolute atomic E-state index is 12.7. The summed E-state index contributed by atoms with van der Waals surface area (Å²) in [5.41, 5.74) is 3.56. The van der Waals surface area contributed by atoms with Gasteiger partial charge in [-0.25, -0.2) is 4.79 Å². The molecule has 0 amide bonds. The lowest BCUT2D eigenvalue weighted by molar-refractivity contribution is -0.142. The molecule has 6 nitrogen and oxygen atoms in total. The Balaban J connectivity index is 1.57. The van der Waals surface area contributed by atoms with Crippen LogP contribution in [0.2, 0.25) is 0 Å². The number of hydrogen-bond acceptors (Lipinski definition) is 6. The van der Waals surface area contributed by atoms with Crippen molar-refractivity contribution in [1.29, 1.82) is 0 Å². The Bertz CT molecular complexity index is 1040. The summed E-state index contributed by atoms with van der Waals surface area (Å²) in [4.78, 5) is 17.6. The zero-order chi connectivity index (χ0) is 23.6. The summed E-state index contributed by atoms with van der Waals surface area (Å²) in [5.74, 6) is 0.328. The van der Waals surface area contributed by atoms with E-state index in [4.69, 9.17) is 23.9 Å². The van der Waals surface area contributed by atoms with Gasteiger partial charge in [-0.1, -0.05) is 72.8 Å². The van der Waals surface area contributed by atoms with Gasteiger partial charge in [0.1, 0.15) is 18.5 Å². The maximum Gasteiger partial charge on any atom is 0.330 e. The molecular formula is C28H29NO5. The molecule has 0 aliphatic carbocycles. The highest BCUT2D eigenvalue weighted by Crippen LogP contribution is 2.19. The van der Waals surface area contributed by atoms with Crippen LogP contribution in [0, 0.1) is 0 Å². The van der Waals surface area contributed by atoms with Gasteiger partial charge >= 0.3 is 5.97 Å². The first-order chi connectivity index (χ1) is 16.7. The van der Waals surface area contributed by atoms with Crippen molar-refractivity contribution in [2.45, 2.75) is 18.6 Å². The highest BCUT2D eigenvalue weighted by Gasteiger charge is 2.21. The predicted octanol–water partition coefficient (Wildman–Crippen LogP) is 4.10. The average Bonchev–Trinajstić information content (AvgIpc) is 2.91. The Hall–Kier alpha value is -3.48. The molecule has 34 heavy (non-hydrogen) atoms. The number of ether oxygens (including phenoxy) is 4. The van der Waals surface area contributed by atoms with E-state index in [0.29, 0.717) is 38.6 Å². The highest BCUT2D eigenvalue weighted by molar-refractivity contribution is 6.13. The van der Waals surface area contributed by atoms with E-state index in [0.717, 1.165) is 22.4 Å². The molecule has 0 radical (unpaired) electrons. The fraction of sp³-hybridized carbons (Fsp3) is 0.286. The van der Waals surface area contributed by atoms with E-state index in [-0.39, 0.29) is 12.1 Å². The fourth-order valence-electron chi connectivity index (χ4n) is 3.79. The normalized spacial score (nSPS) is 16.3. The van der Waals surface area contributed by atoms with Crippen molar-refractivity contribution >= 4 is 11.7 Å². The highest BCUT2D eigenvalue weighted by atomic mass is 16.6. The van der Waals surface area contributed by atoms with Crippen LogP contribution in [0.3, 0.4) is 0 Å². The van der Waals surface area contributed by atoms with Gasteiger partial charge < -0.3 is 18.9 Å². The van der Waals surface area contributed by atoms with Crippen LogP contribution in [0.25, 0.3) is 0 Å². The van der Waals surface area contributed by atoms with Gasteiger partial charge in [-0.15, -0.1) is 0 Å². The molecular weight excluding hydrogens is 430 g/mol.